The minimum atomic E-state index is 0.365. The number of nitrogens with two attached hydrogens (primary N) is 1. The molecule has 1 unspecified atom stereocenters. The van der Waals surface area contributed by atoms with E-state index < -0.39 is 0 Å². The van der Waals surface area contributed by atoms with Gasteiger partial charge in [0.15, 0.2) is 0 Å². The molecule has 31 heavy (non-hydrogen) atoms. The van der Waals surface area contributed by atoms with Crippen molar-refractivity contribution in [2.45, 2.75) is 25.4 Å². The van der Waals surface area contributed by atoms with Gasteiger partial charge in [-0.3, -0.25) is 4.90 Å². The number of rotatable bonds is 7. The Morgan fingerprint density at radius 2 is 1.94 bits per heavy atom. The molecule has 1 aliphatic rings. The van der Waals surface area contributed by atoms with E-state index in [1.54, 1.807) is 0 Å². The van der Waals surface area contributed by atoms with Crippen molar-refractivity contribution >= 4 is 29.2 Å². The molecule has 0 amide bonds. The van der Waals surface area contributed by atoms with Crippen LogP contribution in [0.15, 0.2) is 66.7 Å². The lowest BCUT2D eigenvalue weighted by atomic mass is 10.0. The molecule has 3 aromatic carbocycles. The Kier molecular flexibility index (Phi) is 6.75. The molecular weight excluding hydrogens is 408 g/mol. The molecule has 0 aliphatic carbocycles. The van der Waals surface area contributed by atoms with Gasteiger partial charge in [-0.1, -0.05) is 23.7 Å². The van der Waals surface area contributed by atoms with Crippen molar-refractivity contribution in [1.82, 2.24) is 4.90 Å². The van der Waals surface area contributed by atoms with Crippen LogP contribution < -0.4 is 15.8 Å². The summed E-state index contributed by atoms with van der Waals surface area (Å²) in [7, 11) is 0. The first-order chi connectivity index (χ1) is 15.1. The zero-order valence-corrected chi connectivity index (χ0v) is 18.1. The van der Waals surface area contributed by atoms with Crippen LogP contribution in [-0.4, -0.2) is 30.2 Å². The number of hydrogen-bond donors (Lipinski definition) is 3. The number of benzene rings is 3. The van der Waals surface area contributed by atoms with Crippen molar-refractivity contribution < 1.29 is 4.74 Å². The van der Waals surface area contributed by atoms with Crippen LogP contribution in [0.4, 0.5) is 11.4 Å². The van der Waals surface area contributed by atoms with Gasteiger partial charge in [0.1, 0.15) is 11.5 Å². The molecule has 5 nitrogen and oxygen atoms in total. The number of nitrogens with one attached hydrogen (secondary N) is 2. The van der Waals surface area contributed by atoms with E-state index in [0.717, 1.165) is 55.2 Å². The van der Waals surface area contributed by atoms with E-state index in [9.17, 15) is 0 Å². The molecule has 0 radical (unpaired) electrons. The summed E-state index contributed by atoms with van der Waals surface area (Å²) in [4.78, 5) is 2.47. The van der Waals surface area contributed by atoms with E-state index in [0.29, 0.717) is 16.8 Å². The number of halogens is 1. The summed E-state index contributed by atoms with van der Waals surface area (Å²) in [5, 5.41) is 11.8. The minimum Gasteiger partial charge on any atom is -0.457 e. The highest BCUT2D eigenvalue weighted by atomic mass is 35.5. The highest BCUT2D eigenvalue weighted by Gasteiger charge is 2.20. The number of nitrogens with zero attached hydrogens (tertiary/aromatic N) is 1. The zero-order chi connectivity index (χ0) is 21.6. The maximum Gasteiger partial charge on any atom is 0.127 e. The van der Waals surface area contributed by atoms with Crippen molar-refractivity contribution in [3.8, 4) is 11.5 Å². The fraction of sp³-hybridized carbons (Fsp3) is 0.240. The van der Waals surface area contributed by atoms with Crippen molar-refractivity contribution in [3.05, 3.63) is 82.9 Å². The number of likely N-dealkylation sites (tertiary alicyclic amines) is 1. The van der Waals surface area contributed by atoms with E-state index in [4.69, 9.17) is 27.5 Å². The fourth-order valence-electron chi connectivity index (χ4n) is 3.95. The van der Waals surface area contributed by atoms with Crippen molar-refractivity contribution in [2.75, 3.05) is 24.1 Å². The van der Waals surface area contributed by atoms with Gasteiger partial charge in [-0.05, 0) is 79.5 Å². The van der Waals surface area contributed by atoms with Crippen molar-refractivity contribution in [1.29, 1.82) is 5.41 Å². The second-order valence-electron chi connectivity index (χ2n) is 7.91. The standard InChI is InChI=1S/C25H27ClN4O/c26-20-6-9-23(10-7-20)31-24-5-1-3-18(13-24)16-30-12-2-4-22(17-30)29-21-8-11-25(28)19(14-21)15-27/h1,3,5-11,13-15,22,27,29H,2,4,12,16-17,28H2. The molecule has 4 N–H and O–H groups in total. The maximum atomic E-state index is 7.50. The smallest absolute Gasteiger partial charge is 0.127 e. The van der Waals surface area contributed by atoms with Crippen LogP contribution in [0.2, 0.25) is 5.02 Å². The summed E-state index contributed by atoms with van der Waals surface area (Å²) in [5.41, 5.74) is 9.52. The lowest BCUT2D eigenvalue weighted by Crippen LogP contribution is -2.41. The summed E-state index contributed by atoms with van der Waals surface area (Å²) in [5.74, 6) is 1.60. The topological polar surface area (TPSA) is 74.4 Å². The fourth-order valence-corrected chi connectivity index (χ4v) is 4.07. The molecule has 1 aliphatic heterocycles. The first-order valence-corrected chi connectivity index (χ1v) is 10.9. The van der Waals surface area contributed by atoms with Crippen LogP contribution in [0.1, 0.15) is 24.0 Å². The van der Waals surface area contributed by atoms with Crippen LogP contribution in [-0.2, 0) is 6.54 Å². The Balaban J connectivity index is 1.37. The van der Waals surface area contributed by atoms with E-state index in [1.807, 2.05) is 54.6 Å². The molecule has 1 heterocycles. The number of piperidine rings is 1. The molecule has 0 saturated carbocycles. The van der Waals surface area contributed by atoms with Crippen LogP contribution in [0.25, 0.3) is 0 Å². The van der Waals surface area contributed by atoms with Gasteiger partial charge >= 0.3 is 0 Å². The van der Waals surface area contributed by atoms with Crippen molar-refractivity contribution in [2.24, 2.45) is 0 Å². The SMILES string of the molecule is N=Cc1cc(NC2CCCN(Cc3cccc(Oc4ccc(Cl)cc4)c3)C2)ccc1N. The molecule has 0 spiro atoms. The molecule has 1 fully saturated rings. The van der Waals surface area contributed by atoms with E-state index in [2.05, 4.69) is 22.3 Å². The third kappa shape index (κ3) is 5.78. The highest BCUT2D eigenvalue weighted by Crippen LogP contribution is 2.25. The van der Waals surface area contributed by atoms with Gasteiger partial charge in [-0.2, -0.15) is 0 Å². The van der Waals surface area contributed by atoms with Crippen LogP contribution in [0, 0.1) is 5.41 Å². The van der Waals surface area contributed by atoms with Crippen LogP contribution in [0.5, 0.6) is 11.5 Å². The Morgan fingerprint density at radius 3 is 2.74 bits per heavy atom. The summed E-state index contributed by atoms with van der Waals surface area (Å²) >= 11 is 5.95. The van der Waals surface area contributed by atoms with Crippen LogP contribution >= 0.6 is 11.6 Å². The summed E-state index contributed by atoms with van der Waals surface area (Å²) in [6.45, 7) is 2.92. The lowest BCUT2D eigenvalue weighted by molar-refractivity contribution is 0.208. The quantitative estimate of drug-likeness (QED) is 0.325. The average molecular weight is 435 g/mol. The third-order valence-electron chi connectivity index (χ3n) is 5.47. The number of anilines is 2. The zero-order valence-electron chi connectivity index (χ0n) is 17.4. The summed E-state index contributed by atoms with van der Waals surface area (Å²) < 4.78 is 5.98. The van der Waals surface area contributed by atoms with Gasteiger partial charge in [0.05, 0.1) is 0 Å². The molecule has 1 atom stereocenters. The highest BCUT2D eigenvalue weighted by molar-refractivity contribution is 6.30. The molecular formula is C25H27ClN4O. The predicted octanol–water partition coefficient (Wildman–Crippen LogP) is 5.79. The summed E-state index contributed by atoms with van der Waals surface area (Å²) in [6.07, 6.45) is 3.57. The first kappa shape index (κ1) is 21.2. The maximum absolute atomic E-state index is 7.50. The Bertz CT molecular complexity index is 1040. The largest absolute Gasteiger partial charge is 0.457 e. The number of ether oxygens (including phenoxy) is 1. The molecule has 0 aromatic heterocycles. The van der Waals surface area contributed by atoms with E-state index in [1.165, 1.54) is 11.8 Å². The van der Waals surface area contributed by atoms with Gasteiger partial charge in [-0.25, -0.2) is 0 Å². The van der Waals surface area contributed by atoms with E-state index >= 15 is 0 Å². The van der Waals surface area contributed by atoms with Gasteiger partial charge in [0.25, 0.3) is 0 Å². The van der Waals surface area contributed by atoms with Gasteiger partial charge in [0.2, 0.25) is 0 Å². The Morgan fingerprint density at radius 1 is 1.10 bits per heavy atom. The molecule has 6 heteroatoms. The van der Waals surface area contributed by atoms with Gasteiger partial charge in [0, 0.05) is 47.3 Å². The Hall–Kier alpha value is -3.02. The average Bonchev–Trinajstić information content (AvgIpc) is 2.77. The van der Waals surface area contributed by atoms with Gasteiger partial charge < -0.3 is 21.2 Å². The molecule has 4 rings (SSSR count). The minimum absolute atomic E-state index is 0.365. The lowest BCUT2D eigenvalue weighted by Gasteiger charge is -2.33. The molecule has 160 valence electrons. The second-order valence-corrected chi connectivity index (χ2v) is 8.35. The molecule has 1 saturated heterocycles. The molecule has 0 bridgehead atoms. The van der Waals surface area contributed by atoms with Gasteiger partial charge in [-0.15, -0.1) is 0 Å². The first-order valence-electron chi connectivity index (χ1n) is 10.5. The second kappa shape index (κ2) is 9.86. The third-order valence-corrected chi connectivity index (χ3v) is 5.72. The van der Waals surface area contributed by atoms with E-state index in [-0.39, 0.29) is 0 Å². The number of hydrogen-bond acceptors (Lipinski definition) is 5. The monoisotopic (exact) mass is 434 g/mol. The summed E-state index contributed by atoms with van der Waals surface area (Å²) in [6, 6.07) is 21.8. The van der Waals surface area contributed by atoms with Crippen LogP contribution in [0.3, 0.4) is 0 Å². The normalized spacial score (nSPS) is 16.6. The molecule has 3 aromatic rings. The predicted molar refractivity (Wildman–Crippen MR) is 129 cm³/mol. The number of nitrogen functional groups attached to an aromatic ring is 1. The Labute approximate surface area is 188 Å². The van der Waals surface area contributed by atoms with Crippen molar-refractivity contribution in [3.63, 3.8) is 0 Å².